The number of amides is 1. The van der Waals surface area contributed by atoms with E-state index in [1.165, 1.54) is 0 Å². The predicted molar refractivity (Wildman–Crippen MR) is 46.9 cm³/mol. The van der Waals surface area contributed by atoms with Crippen LogP contribution in [0.1, 0.15) is 26.2 Å². The van der Waals surface area contributed by atoms with Gasteiger partial charge in [0.15, 0.2) is 0 Å². The lowest BCUT2D eigenvalue weighted by molar-refractivity contribution is -0.127. The summed E-state index contributed by atoms with van der Waals surface area (Å²) in [5, 5.41) is 0. The van der Waals surface area contributed by atoms with Gasteiger partial charge in [-0.3, -0.25) is 4.79 Å². The highest BCUT2D eigenvalue weighted by atomic mass is 16.5. The second-order valence-corrected chi connectivity index (χ2v) is 3.03. The Balaban J connectivity index is 2.02. The number of hydrogen-bond donors (Lipinski definition) is 0. The van der Waals surface area contributed by atoms with Crippen LogP contribution in [0.3, 0.4) is 0 Å². The molecule has 1 saturated heterocycles. The highest BCUT2D eigenvalue weighted by Gasteiger charge is 2.18. The van der Waals surface area contributed by atoms with Crippen molar-refractivity contribution in [3.63, 3.8) is 0 Å². The van der Waals surface area contributed by atoms with Crippen LogP contribution < -0.4 is 0 Å². The third kappa shape index (κ3) is 2.81. The van der Waals surface area contributed by atoms with Crippen LogP contribution in [-0.2, 0) is 9.53 Å². The van der Waals surface area contributed by atoms with E-state index >= 15 is 0 Å². The van der Waals surface area contributed by atoms with Crippen molar-refractivity contribution >= 4 is 5.91 Å². The van der Waals surface area contributed by atoms with E-state index < -0.39 is 0 Å². The summed E-state index contributed by atoms with van der Waals surface area (Å²) in [4.78, 5) is 13.1. The zero-order valence-corrected chi connectivity index (χ0v) is 7.71. The second kappa shape index (κ2) is 5.14. The molecule has 0 atom stereocenters. The Morgan fingerprint density at radius 2 is 2.42 bits per heavy atom. The monoisotopic (exact) mass is 171 g/mol. The van der Waals surface area contributed by atoms with Crippen LogP contribution in [0, 0.1) is 0 Å². The Morgan fingerprint density at radius 3 is 3.00 bits per heavy atom. The molecule has 70 valence electrons. The molecular weight excluding hydrogens is 154 g/mol. The Bertz CT molecular complexity index is 147. The van der Waals surface area contributed by atoms with Crippen LogP contribution in [0.25, 0.3) is 0 Å². The predicted octanol–water partition coefficient (Wildman–Crippen LogP) is 1.04. The van der Waals surface area contributed by atoms with Crippen LogP contribution in [0.15, 0.2) is 0 Å². The minimum atomic E-state index is 0.312. The zero-order chi connectivity index (χ0) is 8.81. The highest BCUT2D eigenvalue weighted by Crippen LogP contribution is 2.09. The molecule has 0 unspecified atom stereocenters. The molecule has 0 aromatic carbocycles. The zero-order valence-electron chi connectivity index (χ0n) is 7.71. The number of ether oxygens (including phenoxy) is 1. The lowest BCUT2D eigenvalue weighted by Crippen LogP contribution is -2.26. The molecule has 1 rings (SSSR count). The van der Waals surface area contributed by atoms with Gasteiger partial charge < -0.3 is 9.64 Å². The van der Waals surface area contributed by atoms with Gasteiger partial charge in [0.05, 0.1) is 0 Å². The van der Waals surface area contributed by atoms with Crippen molar-refractivity contribution in [1.82, 2.24) is 4.90 Å². The fraction of sp³-hybridized carbons (Fsp3) is 0.889. The Kier molecular flexibility index (Phi) is 4.08. The Hall–Kier alpha value is -0.570. The summed E-state index contributed by atoms with van der Waals surface area (Å²) in [6, 6.07) is 0. The first-order valence-corrected chi connectivity index (χ1v) is 4.70. The number of rotatable bonds is 5. The quantitative estimate of drug-likeness (QED) is 0.578. The van der Waals surface area contributed by atoms with Crippen molar-refractivity contribution in [2.45, 2.75) is 26.2 Å². The number of likely N-dealkylation sites (tertiary alicyclic amines) is 1. The van der Waals surface area contributed by atoms with Crippen LogP contribution in [-0.4, -0.2) is 37.1 Å². The van der Waals surface area contributed by atoms with Crippen molar-refractivity contribution in [1.29, 1.82) is 0 Å². The first kappa shape index (κ1) is 9.52. The van der Waals surface area contributed by atoms with E-state index in [9.17, 15) is 4.79 Å². The van der Waals surface area contributed by atoms with Gasteiger partial charge in [0.25, 0.3) is 0 Å². The molecule has 1 aliphatic rings. The summed E-state index contributed by atoms with van der Waals surface area (Å²) < 4.78 is 5.19. The van der Waals surface area contributed by atoms with Gasteiger partial charge in [-0.05, 0) is 19.8 Å². The summed E-state index contributed by atoms with van der Waals surface area (Å²) in [5.74, 6) is 0.312. The van der Waals surface area contributed by atoms with Gasteiger partial charge in [-0.15, -0.1) is 0 Å². The lowest BCUT2D eigenvalue weighted by atomic mass is 10.4. The highest BCUT2D eigenvalue weighted by molar-refractivity contribution is 5.77. The van der Waals surface area contributed by atoms with Gasteiger partial charge in [0.2, 0.25) is 5.91 Å². The van der Waals surface area contributed by atoms with Gasteiger partial charge in [0, 0.05) is 32.7 Å². The minimum Gasteiger partial charge on any atom is -0.382 e. The normalized spacial score (nSPS) is 17.4. The van der Waals surface area contributed by atoms with Crippen molar-refractivity contribution in [2.24, 2.45) is 0 Å². The maximum absolute atomic E-state index is 11.1. The first-order valence-electron chi connectivity index (χ1n) is 4.70. The van der Waals surface area contributed by atoms with Crippen LogP contribution >= 0.6 is 0 Å². The van der Waals surface area contributed by atoms with Crippen LogP contribution in [0.2, 0.25) is 0 Å². The lowest BCUT2D eigenvalue weighted by Gasteiger charge is -2.14. The van der Waals surface area contributed by atoms with Crippen molar-refractivity contribution in [2.75, 3.05) is 26.3 Å². The van der Waals surface area contributed by atoms with Gasteiger partial charge in [-0.2, -0.15) is 0 Å². The largest absolute Gasteiger partial charge is 0.382 e. The van der Waals surface area contributed by atoms with E-state index in [4.69, 9.17) is 4.74 Å². The molecular formula is C9H17NO2. The van der Waals surface area contributed by atoms with Gasteiger partial charge >= 0.3 is 0 Å². The van der Waals surface area contributed by atoms with Crippen LogP contribution in [0.4, 0.5) is 0 Å². The molecule has 1 fully saturated rings. The Morgan fingerprint density at radius 1 is 1.58 bits per heavy atom. The van der Waals surface area contributed by atoms with Crippen molar-refractivity contribution in [3.8, 4) is 0 Å². The van der Waals surface area contributed by atoms with E-state index in [0.717, 1.165) is 45.6 Å². The van der Waals surface area contributed by atoms with E-state index in [-0.39, 0.29) is 0 Å². The molecule has 0 radical (unpaired) electrons. The van der Waals surface area contributed by atoms with Gasteiger partial charge in [-0.25, -0.2) is 0 Å². The summed E-state index contributed by atoms with van der Waals surface area (Å²) in [6.45, 7) is 5.36. The number of nitrogens with zero attached hydrogens (tertiary/aromatic N) is 1. The van der Waals surface area contributed by atoms with Gasteiger partial charge in [0.1, 0.15) is 0 Å². The molecule has 1 amide bonds. The maximum Gasteiger partial charge on any atom is 0.222 e. The fourth-order valence-electron chi connectivity index (χ4n) is 1.44. The molecule has 0 spiro atoms. The smallest absolute Gasteiger partial charge is 0.222 e. The summed E-state index contributed by atoms with van der Waals surface area (Å²) in [7, 11) is 0. The van der Waals surface area contributed by atoms with E-state index in [2.05, 4.69) is 0 Å². The maximum atomic E-state index is 11.1. The average molecular weight is 171 g/mol. The second-order valence-electron chi connectivity index (χ2n) is 3.03. The standard InChI is InChI=1S/C9H17NO2/c1-2-12-8-4-7-10-6-3-5-9(10)11/h2-8H2,1H3. The molecule has 0 saturated carbocycles. The molecule has 0 aromatic heterocycles. The fourth-order valence-corrected chi connectivity index (χ4v) is 1.44. The third-order valence-electron chi connectivity index (χ3n) is 2.09. The van der Waals surface area contributed by atoms with Crippen LogP contribution in [0.5, 0.6) is 0 Å². The molecule has 3 heteroatoms. The number of hydrogen-bond acceptors (Lipinski definition) is 2. The van der Waals surface area contributed by atoms with Crippen molar-refractivity contribution in [3.05, 3.63) is 0 Å². The number of carbonyl (C=O) groups excluding carboxylic acids is 1. The summed E-state index contributed by atoms with van der Waals surface area (Å²) in [5.41, 5.74) is 0. The van der Waals surface area contributed by atoms with E-state index in [1.807, 2.05) is 11.8 Å². The SMILES string of the molecule is CCOCCCN1CCCC1=O. The third-order valence-corrected chi connectivity index (χ3v) is 2.09. The molecule has 1 aliphatic heterocycles. The average Bonchev–Trinajstić information content (AvgIpc) is 2.46. The molecule has 3 nitrogen and oxygen atoms in total. The molecule has 1 heterocycles. The van der Waals surface area contributed by atoms with E-state index in [1.54, 1.807) is 0 Å². The molecule has 0 aliphatic carbocycles. The molecule has 0 bridgehead atoms. The topological polar surface area (TPSA) is 29.5 Å². The number of carbonyl (C=O) groups is 1. The molecule has 0 N–H and O–H groups in total. The molecule has 12 heavy (non-hydrogen) atoms. The first-order chi connectivity index (χ1) is 5.84. The van der Waals surface area contributed by atoms with E-state index in [0.29, 0.717) is 5.91 Å². The Labute approximate surface area is 73.7 Å². The molecule has 0 aromatic rings. The minimum absolute atomic E-state index is 0.312. The summed E-state index contributed by atoms with van der Waals surface area (Å²) >= 11 is 0. The van der Waals surface area contributed by atoms with Gasteiger partial charge in [-0.1, -0.05) is 0 Å². The van der Waals surface area contributed by atoms with Crippen molar-refractivity contribution < 1.29 is 9.53 Å². The summed E-state index contributed by atoms with van der Waals surface area (Å²) in [6.07, 6.45) is 2.75.